The zero-order valence-electron chi connectivity index (χ0n) is 32.7. The molecule has 0 amide bonds. The highest BCUT2D eigenvalue weighted by molar-refractivity contribution is 6.20. The number of pyridine rings is 1. The first kappa shape index (κ1) is 34.1. The third-order valence-corrected chi connectivity index (χ3v) is 12.1. The molecule has 0 aliphatic rings. The van der Waals surface area contributed by atoms with Crippen LogP contribution < -0.4 is 0 Å². The molecule has 3 heteroatoms. The maximum atomic E-state index is 5.43. The summed E-state index contributed by atoms with van der Waals surface area (Å²) in [5.41, 5.74) is 15.8. The standard InChI is InChI=1S/C57H37N3/c1-4-16-38(17-5-1)40-30-32-41(33-31-40)51-34-42(39-18-6-2-7-19-39)35-52(58-51)45-25-14-26-46-44(45)24-15-29-55(46)60-54-28-13-11-23-48(54)50-36-49-47-22-10-12-27-53(47)59(56(49)37-57(50)60)43-20-8-3-9-21-43/h1-37H. The molecule has 0 spiro atoms. The summed E-state index contributed by atoms with van der Waals surface area (Å²) < 4.78 is 4.88. The molecule has 12 rings (SSSR count). The van der Waals surface area contributed by atoms with E-state index in [1.54, 1.807) is 0 Å². The van der Waals surface area contributed by atoms with Gasteiger partial charge in [-0.1, -0.05) is 170 Å². The molecule has 3 nitrogen and oxygen atoms in total. The minimum atomic E-state index is 0.942. The Morgan fingerprint density at radius 2 is 0.767 bits per heavy atom. The number of para-hydroxylation sites is 3. The first-order valence-corrected chi connectivity index (χ1v) is 20.5. The maximum absolute atomic E-state index is 5.43. The number of rotatable bonds is 6. The molecular formula is C57H37N3. The second-order valence-corrected chi connectivity index (χ2v) is 15.5. The van der Waals surface area contributed by atoms with E-state index in [1.807, 2.05) is 0 Å². The molecule has 12 aromatic rings. The van der Waals surface area contributed by atoms with Crippen molar-refractivity contribution in [3.63, 3.8) is 0 Å². The normalized spacial score (nSPS) is 11.7. The number of hydrogen-bond donors (Lipinski definition) is 0. The third kappa shape index (κ3) is 5.48. The fourth-order valence-corrected chi connectivity index (χ4v) is 9.34. The maximum Gasteiger partial charge on any atom is 0.0721 e. The lowest BCUT2D eigenvalue weighted by Crippen LogP contribution is -1.97. The molecule has 0 saturated heterocycles. The lowest BCUT2D eigenvalue weighted by molar-refractivity contribution is 1.17. The van der Waals surface area contributed by atoms with E-state index < -0.39 is 0 Å². The predicted molar refractivity (Wildman–Crippen MR) is 252 cm³/mol. The molecule has 60 heavy (non-hydrogen) atoms. The summed E-state index contributed by atoms with van der Waals surface area (Å²) in [4.78, 5) is 5.43. The van der Waals surface area contributed by atoms with Gasteiger partial charge in [0, 0.05) is 43.7 Å². The number of benzene rings is 9. The van der Waals surface area contributed by atoms with E-state index in [0.29, 0.717) is 0 Å². The molecule has 3 heterocycles. The van der Waals surface area contributed by atoms with Crippen molar-refractivity contribution < 1.29 is 0 Å². The average molecular weight is 764 g/mol. The highest BCUT2D eigenvalue weighted by Gasteiger charge is 2.20. The second-order valence-electron chi connectivity index (χ2n) is 15.5. The van der Waals surface area contributed by atoms with Crippen molar-refractivity contribution in [3.8, 4) is 56.1 Å². The van der Waals surface area contributed by atoms with E-state index in [9.17, 15) is 0 Å². The van der Waals surface area contributed by atoms with Gasteiger partial charge in [0.1, 0.15) is 0 Å². The molecule has 3 aromatic heterocycles. The largest absolute Gasteiger partial charge is 0.309 e. The van der Waals surface area contributed by atoms with Gasteiger partial charge in [-0.3, -0.25) is 0 Å². The summed E-state index contributed by atoms with van der Waals surface area (Å²) in [5, 5.41) is 7.30. The van der Waals surface area contributed by atoms with Crippen LogP contribution in [0.15, 0.2) is 224 Å². The molecule has 280 valence electrons. The Morgan fingerprint density at radius 3 is 1.47 bits per heavy atom. The summed E-state index contributed by atoms with van der Waals surface area (Å²) >= 11 is 0. The molecular weight excluding hydrogens is 727 g/mol. The number of aromatic nitrogens is 3. The van der Waals surface area contributed by atoms with Crippen LogP contribution in [0.4, 0.5) is 0 Å². The van der Waals surface area contributed by atoms with Gasteiger partial charge >= 0.3 is 0 Å². The van der Waals surface area contributed by atoms with Crippen molar-refractivity contribution in [3.05, 3.63) is 224 Å². The highest BCUT2D eigenvalue weighted by Crippen LogP contribution is 2.42. The quantitative estimate of drug-likeness (QED) is 0.165. The van der Waals surface area contributed by atoms with Gasteiger partial charge in [0.25, 0.3) is 0 Å². The van der Waals surface area contributed by atoms with Crippen LogP contribution in [0, 0.1) is 0 Å². The molecule has 0 bridgehead atoms. The van der Waals surface area contributed by atoms with Crippen molar-refractivity contribution >= 4 is 54.4 Å². The Bertz CT molecular complexity index is 3560. The Labute approximate surface area is 347 Å². The van der Waals surface area contributed by atoms with Crippen molar-refractivity contribution in [2.45, 2.75) is 0 Å². The molecule has 9 aromatic carbocycles. The van der Waals surface area contributed by atoms with Crippen LogP contribution in [0.25, 0.3) is 111 Å². The van der Waals surface area contributed by atoms with Crippen LogP contribution in [0.3, 0.4) is 0 Å². The smallest absolute Gasteiger partial charge is 0.0721 e. The Balaban J connectivity index is 1.08. The average Bonchev–Trinajstić information content (AvgIpc) is 3.83. The first-order valence-electron chi connectivity index (χ1n) is 20.5. The van der Waals surface area contributed by atoms with Crippen LogP contribution in [0.1, 0.15) is 0 Å². The monoisotopic (exact) mass is 763 g/mol. The molecule has 0 fully saturated rings. The molecule has 0 N–H and O–H groups in total. The summed E-state index contributed by atoms with van der Waals surface area (Å²) in [6.07, 6.45) is 0. The van der Waals surface area contributed by atoms with Crippen LogP contribution in [0.5, 0.6) is 0 Å². The summed E-state index contributed by atoms with van der Waals surface area (Å²) in [5.74, 6) is 0. The van der Waals surface area contributed by atoms with E-state index in [0.717, 1.165) is 50.4 Å². The van der Waals surface area contributed by atoms with Crippen molar-refractivity contribution in [1.82, 2.24) is 14.1 Å². The van der Waals surface area contributed by atoms with E-state index in [2.05, 4.69) is 234 Å². The van der Waals surface area contributed by atoms with Crippen molar-refractivity contribution in [2.24, 2.45) is 0 Å². The molecule has 0 aliphatic heterocycles. The number of nitrogens with zero attached hydrogens (tertiary/aromatic N) is 3. The van der Waals surface area contributed by atoms with Crippen LogP contribution in [0.2, 0.25) is 0 Å². The van der Waals surface area contributed by atoms with Crippen LogP contribution in [-0.4, -0.2) is 14.1 Å². The second kappa shape index (κ2) is 13.8. The van der Waals surface area contributed by atoms with Crippen LogP contribution >= 0.6 is 0 Å². The van der Waals surface area contributed by atoms with Crippen molar-refractivity contribution in [2.75, 3.05) is 0 Å². The molecule has 0 aliphatic carbocycles. The first-order chi connectivity index (χ1) is 29.8. The van der Waals surface area contributed by atoms with Gasteiger partial charge in [0.2, 0.25) is 0 Å². The molecule has 0 unspecified atom stereocenters. The fourth-order valence-electron chi connectivity index (χ4n) is 9.34. The van der Waals surface area contributed by atoms with E-state index in [4.69, 9.17) is 4.98 Å². The minimum Gasteiger partial charge on any atom is -0.309 e. The SMILES string of the molecule is c1ccc(-c2ccc(-c3cc(-c4ccccc4)cc(-c4cccc5c(-n6c7ccccc7c7cc8c9ccccc9n(-c9ccccc9)c8cc76)cccc45)n3)cc2)cc1. The molecule has 0 saturated carbocycles. The Hall–Kier alpha value is -8.01. The van der Waals surface area contributed by atoms with Gasteiger partial charge in [0.05, 0.1) is 39.1 Å². The lowest BCUT2D eigenvalue weighted by atomic mass is 9.96. The molecule has 0 radical (unpaired) electrons. The number of fused-ring (bicyclic) bond motifs is 7. The zero-order chi connectivity index (χ0) is 39.6. The van der Waals surface area contributed by atoms with Crippen molar-refractivity contribution in [1.29, 1.82) is 0 Å². The Morgan fingerprint density at radius 1 is 0.267 bits per heavy atom. The van der Waals surface area contributed by atoms with Gasteiger partial charge in [-0.15, -0.1) is 0 Å². The minimum absolute atomic E-state index is 0.942. The fraction of sp³-hybridized carbons (Fsp3) is 0. The summed E-state index contributed by atoms with van der Waals surface area (Å²) in [6, 6.07) is 80.9. The van der Waals surface area contributed by atoms with Gasteiger partial charge in [-0.25, -0.2) is 4.98 Å². The van der Waals surface area contributed by atoms with Gasteiger partial charge in [0.15, 0.2) is 0 Å². The van der Waals surface area contributed by atoms with E-state index >= 15 is 0 Å². The van der Waals surface area contributed by atoms with E-state index in [-0.39, 0.29) is 0 Å². The Kier molecular flexibility index (Phi) is 7.85. The third-order valence-electron chi connectivity index (χ3n) is 12.1. The topological polar surface area (TPSA) is 22.8 Å². The highest BCUT2D eigenvalue weighted by atomic mass is 15.0. The van der Waals surface area contributed by atoms with Gasteiger partial charge < -0.3 is 9.13 Å². The van der Waals surface area contributed by atoms with Gasteiger partial charge in [-0.05, 0) is 82.2 Å². The number of hydrogen-bond acceptors (Lipinski definition) is 1. The zero-order valence-corrected chi connectivity index (χ0v) is 32.7. The van der Waals surface area contributed by atoms with E-state index in [1.165, 1.54) is 60.1 Å². The molecule has 0 atom stereocenters. The van der Waals surface area contributed by atoms with Gasteiger partial charge in [-0.2, -0.15) is 0 Å². The summed E-state index contributed by atoms with van der Waals surface area (Å²) in [6.45, 7) is 0. The van der Waals surface area contributed by atoms with Crippen LogP contribution in [-0.2, 0) is 0 Å². The summed E-state index contributed by atoms with van der Waals surface area (Å²) in [7, 11) is 0. The predicted octanol–water partition coefficient (Wildman–Crippen LogP) is 15.1. The lowest BCUT2D eigenvalue weighted by Gasteiger charge is -2.15.